The highest BCUT2D eigenvalue weighted by Crippen LogP contribution is 2.20. The number of hydrogen-bond acceptors (Lipinski definition) is 4. The maximum absolute atomic E-state index is 13.0. The zero-order valence-electron chi connectivity index (χ0n) is 15.2. The summed E-state index contributed by atoms with van der Waals surface area (Å²) in [6.45, 7) is 4.87. The number of sulfone groups is 1. The Morgan fingerprint density at radius 1 is 1.11 bits per heavy atom. The van der Waals surface area contributed by atoms with Crippen molar-refractivity contribution in [3.8, 4) is 0 Å². The first-order valence-corrected chi connectivity index (χ1v) is 9.97. The third-order valence-electron chi connectivity index (χ3n) is 4.00. The van der Waals surface area contributed by atoms with Crippen molar-refractivity contribution >= 4 is 33.8 Å². The summed E-state index contributed by atoms with van der Waals surface area (Å²) in [4.78, 5) is 12.3. The van der Waals surface area contributed by atoms with Crippen LogP contribution in [0.3, 0.4) is 0 Å². The van der Waals surface area contributed by atoms with Crippen LogP contribution in [0, 0.1) is 5.82 Å². The molecule has 0 aliphatic rings. The fourth-order valence-electron chi connectivity index (χ4n) is 2.48. The molecule has 27 heavy (non-hydrogen) atoms. The molecule has 0 saturated heterocycles. The molecule has 0 heterocycles. The third-order valence-corrected chi connectivity index (χ3v) is 6.16. The monoisotopic (exact) mass is 414 g/mol. The minimum absolute atomic E-state index is 0. The van der Waals surface area contributed by atoms with Crippen LogP contribution in [0.15, 0.2) is 53.4 Å². The summed E-state index contributed by atoms with van der Waals surface area (Å²) in [5, 5.41) is 5.05. The number of nitrogens with one attached hydrogen (secondary N) is 2. The predicted octanol–water partition coefficient (Wildman–Crippen LogP) is 3.55. The molecule has 8 heteroatoms. The number of rotatable bonds is 8. The van der Waals surface area contributed by atoms with Crippen molar-refractivity contribution in [1.82, 2.24) is 5.32 Å². The summed E-state index contributed by atoms with van der Waals surface area (Å²) in [5.74, 6) is -0.890. The van der Waals surface area contributed by atoms with E-state index in [0.29, 0.717) is 12.2 Å². The van der Waals surface area contributed by atoms with Crippen LogP contribution in [0.5, 0.6) is 0 Å². The average molecular weight is 415 g/mol. The fourth-order valence-corrected chi connectivity index (χ4v) is 3.84. The minimum Gasteiger partial charge on any atom is -0.326 e. The van der Waals surface area contributed by atoms with Crippen LogP contribution >= 0.6 is 12.4 Å². The maximum Gasteiger partial charge on any atom is 0.225 e. The molecule has 0 spiro atoms. The second-order valence-corrected chi connectivity index (χ2v) is 8.37. The molecule has 0 fully saturated rings. The van der Waals surface area contributed by atoms with E-state index in [1.165, 1.54) is 19.1 Å². The number of amides is 1. The Labute approximate surface area is 165 Å². The first-order chi connectivity index (χ1) is 12.3. The molecule has 2 aromatic rings. The van der Waals surface area contributed by atoms with E-state index in [9.17, 15) is 17.6 Å². The van der Waals surface area contributed by atoms with Crippen molar-refractivity contribution in [2.45, 2.75) is 37.0 Å². The van der Waals surface area contributed by atoms with Crippen molar-refractivity contribution in [2.75, 3.05) is 11.9 Å². The van der Waals surface area contributed by atoms with E-state index in [1.807, 2.05) is 25.1 Å². The quantitative estimate of drug-likeness (QED) is 0.648. The summed E-state index contributed by atoms with van der Waals surface area (Å²) in [7, 11) is -3.71. The molecule has 0 radical (unpaired) electrons. The van der Waals surface area contributed by atoms with Gasteiger partial charge in [0, 0.05) is 18.7 Å². The van der Waals surface area contributed by atoms with Crippen LogP contribution in [0.1, 0.15) is 25.8 Å². The minimum atomic E-state index is -3.71. The van der Waals surface area contributed by atoms with Crippen LogP contribution in [0.2, 0.25) is 0 Å². The molecule has 0 bridgehead atoms. The van der Waals surface area contributed by atoms with E-state index in [0.717, 1.165) is 24.2 Å². The van der Waals surface area contributed by atoms with Gasteiger partial charge in [0.05, 0.1) is 10.1 Å². The van der Waals surface area contributed by atoms with E-state index in [4.69, 9.17) is 0 Å². The zero-order valence-corrected chi connectivity index (χ0v) is 16.9. The van der Waals surface area contributed by atoms with Gasteiger partial charge in [-0.3, -0.25) is 4.79 Å². The van der Waals surface area contributed by atoms with Gasteiger partial charge in [-0.15, -0.1) is 12.4 Å². The van der Waals surface area contributed by atoms with E-state index in [1.54, 1.807) is 6.07 Å². The lowest BCUT2D eigenvalue weighted by Crippen LogP contribution is -2.25. The summed E-state index contributed by atoms with van der Waals surface area (Å²) in [6, 6.07) is 12.0. The predicted molar refractivity (Wildman–Crippen MR) is 107 cm³/mol. The van der Waals surface area contributed by atoms with E-state index >= 15 is 0 Å². The van der Waals surface area contributed by atoms with Gasteiger partial charge in [0.1, 0.15) is 5.82 Å². The number of carbonyl (C=O) groups excluding carboxylic acids is 1. The Kier molecular flexibility index (Phi) is 8.88. The second-order valence-electron chi connectivity index (χ2n) is 6.00. The smallest absolute Gasteiger partial charge is 0.225 e. The Morgan fingerprint density at radius 2 is 1.74 bits per heavy atom. The molecule has 5 nitrogen and oxygen atoms in total. The lowest BCUT2D eigenvalue weighted by Gasteiger charge is -2.15. The van der Waals surface area contributed by atoms with Gasteiger partial charge in [-0.25, -0.2) is 12.8 Å². The molecule has 0 aromatic heterocycles. The lowest BCUT2D eigenvalue weighted by atomic mass is 10.1. The highest BCUT2D eigenvalue weighted by atomic mass is 35.5. The van der Waals surface area contributed by atoms with Crippen LogP contribution < -0.4 is 10.6 Å². The molecule has 0 aliphatic carbocycles. The Hall–Kier alpha value is -1.96. The normalized spacial score (nSPS) is 12.1. The maximum atomic E-state index is 13.0. The first-order valence-electron chi connectivity index (χ1n) is 8.42. The Balaban J connectivity index is 0.00000364. The summed E-state index contributed by atoms with van der Waals surface area (Å²) < 4.78 is 38.0. The lowest BCUT2D eigenvalue weighted by molar-refractivity contribution is -0.116. The molecular formula is C19H24ClFN2O3S. The van der Waals surface area contributed by atoms with Crippen molar-refractivity contribution in [3.63, 3.8) is 0 Å². The summed E-state index contributed by atoms with van der Waals surface area (Å²) in [6.07, 6.45) is -0.185. The van der Waals surface area contributed by atoms with E-state index < -0.39 is 20.9 Å². The van der Waals surface area contributed by atoms with Gasteiger partial charge in [0.15, 0.2) is 9.84 Å². The van der Waals surface area contributed by atoms with Crippen molar-refractivity contribution in [3.05, 3.63) is 59.9 Å². The van der Waals surface area contributed by atoms with Crippen molar-refractivity contribution in [2.24, 2.45) is 0 Å². The zero-order chi connectivity index (χ0) is 19.2. The summed E-state index contributed by atoms with van der Waals surface area (Å²) in [5.41, 5.74) is 1.58. The number of para-hydroxylation sites is 1. The molecule has 2 rings (SSSR count). The molecule has 2 N–H and O–H groups in total. The van der Waals surface area contributed by atoms with Crippen LogP contribution in [0.4, 0.5) is 10.1 Å². The van der Waals surface area contributed by atoms with Gasteiger partial charge >= 0.3 is 0 Å². The number of hydrogen-bond donors (Lipinski definition) is 2. The first kappa shape index (κ1) is 23.1. The van der Waals surface area contributed by atoms with Crippen LogP contribution in [-0.2, 0) is 21.2 Å². The largest absolute Gasteiger partial charge is 0.326 e. The SMILES string of the molecule is CCNCc1ccccc1NC(=O)CC(C)S(=O)(=O)c1ccc(F)cc1.Cl. The van der Waals surface area contributed by atoms with Crippen LogP contribution in [-0.4, -0.2) is 26.1 Å². The molecule has 1 amide bonds. The summed E-state index contributed by atoms with van der Waals surface area (Å²) >= 11 is 0. The molecule has 148 valence electrons. The van der Waals surface area contributed by atoms with Gasteiger partial charge in [-0.2, -0.15) is 0 Å². The van der Waals surface area contributed by atoms with E-state index in [2.05, 4.69) is 10.6 Å². The van der Waals surface area contributed by atoms with Crippen LogP contribution in [0.25, 0.3) is 0 Å². The molecule has 1 unspecified atom stereocenters. The Bertz CT molecular complexity index is 858. The van der Waals surface area contributed by atoms with E-state index in [-0.39, 0.29) is 29.6 Å². The van der Waals surface area contributed by atoms with Crippen molar-refractivity contribution in [1.29, 1.82) is 0 Å². The third kappa shape index (κ3) is 6.30. The van der Waals surface area contributed by atoms with Crippen molar-refractivity contribution < 1.29 is 17.6 Å². The molecule has 2 aromatic carbocycles. The number of benzene rings is 2. The van der Waals surface area contributed by atoms with Gasteiger partial charge < -0.3 is 10.6 Å². The topological polar surface area (TPSA) is 75.3 Å². The van der Waals surface area contributed by atoms with Gasteiger partial charge in [-0.05, 0) is 49.4 Å². The fraction of sp³-hybridized carbons (Fsp3) is 0.316. The molecule has 0 aliphatic heterocycles. The van der Waals surface area contributed by atoms with Gasteiger partial charge in [0.2, 0.25) is 5.91 Å². The highest BCUT2D eigenvalue weighted by molar-refractivity contribution is 7.92. The number of halogens is 2. The highest BCUT2D eigenvalue weighted by Gasteiger charge is 2.26. The second kappa shape index (κ2) is 10.4. The average Bonchev–Trinajstić information content (AvgIpc) is 2.61. The van der Waals surface area contributed by atoms with Gasteiger partial charge in [-0.1, -0.05) is 25.1 Å². The standard InChI is InChI=1S/C19H23FN2O3S.ClH/c1-3-21-13-15-6-4-5-7-18(15)22-19(23)12-14(2)26(24,25)17-10-8-16(20)9-11-17;/h4-11,14,21H,3,12-13H2,1-2H3,(H,22,23);1H. The molecular weight excluding hydrogens is 391 g/mol. The number of anilines is 1. The Morgan fingerprint density at radius 3 is 2.37 bits per heavy atom. The van der Waals surface area contributed by atoms with Gasteiger partial charge in [0.25, 0.3) is 0 Å². The number of carbonyl (C=O) groups is 1. The molecule has 1 atom stereocenters. The molecule has 0 saturated carbocycles.